The van der Waals surface area contributed by atoms with E-state index in [1.54, 1.807) is 43.3 Å². The van der Waals surface area contributed by atoms with Crippen molar-refractivity contribution in [3.63, 3.8) is 0 Å². The van der Waals surface area contributed by atoms with Gasteiger partial charge in [0.1, 0.15) is 17.6 Å². The van der Waals surface area contributed by atoms with E-state index in [2.05, 4.69) is 25.8 Å². The summed E-state index contributed by atoms with van der Waals surface area (Å²) in [5, 5.41) is 45.0. The number of fused-ring (bicyclic) bond motifs is 1. The van der Waals surface area contributed by atoms with E-state index < -0.39 is 36.5 Å². The maximum Gasteiger partial charge on any atom is 0.490 e. The summed E-state index contributed by atoms with van der Waals surface area (Å²) in [6.07, 6.45) is -8.66. The third kappa shape index (κ3) is 19.0. The summed E-state index contributed by atoms with van der Waals surface area (Å²) < 4.78 is 74.8. The minimum atomic E-state index is -5.08. The first kappa shape index (κ1) is 58.9. The fraction of sp³-hybridized carbons (Fsp3) is 0.360. The molecule has 0 spiro atoms. The van der Waals surface area contributed by atoms with Crippen LogP contribution in [0, 0.1) is 0 Å². The number of aromatic hydroxyl groups is 1. The normalized spacial score (nSPS) is 13.3. The number of carbonyl (C=O) groups excluding carboxylic acids is 3. The number of piperidine rings is 1. The smallest absolute Gasteiger partial charge is 0.490 e. The zero-order valence-electron chi connectivity index (χ0n) is 40.1. The Morgan fingerprint density at radius 3 is 2.11 bits per heavy atom. The topological polar surface area (TPSA) is 260 Å². The number of alkyl halides is 6. The molecule has 74 heavy (non-hydrogen) atoms. The average Bonchev–Trinajstić information content (AvgIpc) is 3.35. The largest absolute Gasteiger partial charge is 0.506 e. The molecule has 1 aliphatic heterocycles. The Morgan fingerprint density at radius 1 is 0.838 bits per heavy atom. The van der Waals surface area contributed by atoms with Crippen LogP contribution in [-0.2, 0) is 30.3 Å². The second kappa shape index (κ2) is 27.9. The van der Waals surface area contributed by atoms with Crippen molar-refractivity contribution in [2.75, 3.05) is 64.1 Å². The Hall–Kier alpha value is -7.70. The van der Waals surface area contributed by atoms with Crippen molar-refractivity contribution >= 4 is 52.1 Å². The van der Waals surface area contributed by atoms with Crippen LogP contribution in [0.3, 0.4) is 0 Å². The van der Waals surface area contributed by atoms with Crippen LogP contribution in [0.15, 0.2) is 102 Å². The van der Waals surface area contributed by atoms with Crippen LogP contribution in [0.25, 0.3) is 22.0 Å². The number of halogens is 6. The van der Waals surface area contributed by atoms with Gasteiger partial charge in [-0.2, -0.15) is 26.3 Å². The van der Waals surface area contributed by atoms with Crippen LogP contribution in [0.2, 0.25) is 0 Å². The number of H-pyrrole nitrogens is 1. The molecular formula is C50H56F6N6O12. The van der Waals surface area contributed by atoms with Crippen LogP contribution >= 0.6 is 0 Å². The van der Waals surface area contributed by atoms with E-state index in [1.165, 1.54) is 12.1 Å². The lowest BCUT2D eigenvalue weighted by molar-refractivity contribution is -0.193. The quantitative estimate of drug-likeness (QED) is 0.0316. The van der Waals surface area contributed by atoms with E-state index in [1.807, 2.05) is 60.7 Å². The van der Waals surface area contributed by atoms with Gasteiger partial charge in [0, 0.05) is 75.3 Å². The van der Waals surface area contributed by atoms with Gasteiger partial charge < -0.3 is 55.3 Å². The van der Waals surface area contributed by atoms with Crippen molar-refractivity contribution in [3.8, 4) is 22.6 Å². The Morgan fingerprint density at radius 2 is 1.47 bits per heavy atom. The number of aliphatic hydroxyl groups is 1. The fourth-order valence-electron chi connectivity index (χ4n) is 7.45. The number of carbonyl (C=O) groups is 5. The predicted molar refractivity (Wildman–Crippen MR) is 260 cm³/mol. The molecule has 4 aromatic carbocycles. The predicted octanol–water partition coefficient (Wildman–Crippen LogP) is 7.32. The highest BCUT2D eigenvalue weighted by atomic mass is 19.4. The number of phenolic OH excluding ortho intramolecular Hbond substituents is 1. The number of aromatic amines is 1. The van der Waals surface area contributed by atoms with Crippen molar-refractivity contribution in [2.45, 2.75) is 63.1 Å². The Balaban J connectivity index is 0.000000743. The summed E-state index contributed by atoms with van der Waals surface area (Å²) in [5.41, 5.74) is 4.65. The second-order valence-corrected chi connectivity index (χ2v) is 16.6. The molecule has 0 saturated carbocycles. The van der Waals surface area contributed by atoms with Gasteiger partial charge in [-0.05, 0) is 85.3 Å². The van der Waals surface area contributed by atoms with Gasteiger partial charge in [0.2, 0.25) is 17.4 Å². The van der Waals surface area contributed by atoms with Gasteiger partial charge >= 0.3 is 30.4 Å². The SMILES string of the molecule is COc1ccc(NC(=O)CCCN(C)C(=O)CCN2CCC(OC(=O)Nc3ccccc3-c3ccccc3)CC2)cc1CCNC[C@H](O)c1ccc(O)c2[nH]c(=O)ccc12.O=C(O)C(F)(F)F.O=C(O)C(F)(F)F. The molecule has 1 saturated heterocycles. The summed E-state index contributed by atoms with van der Waals surface area (Å²) in [6.45, 7) is 3.26. The summed E-state index contributed by atoms with van der Waals surface area (Å²) in [5.74, 6) is -5.05. The number of phenols is 1. The highest BCUT2D eigenvalue weighted by molar-refractivity contribution is 5.92. The van der Waals surface area contributed by atoms with Crippen molar-refractivity contribution in [3.05, 3.63) is 119 Å². The van der Waals surface area contributed by atoms with Gasteiger partial charge in [-0.15, -0.1) is 0 Å². The molecule has 1 aromatic heterocycles. The van der Waals surface area contributed by atoms with E-state index in [9.17, 15) is 55.7 Å². The lowest BCUT2D eigenvalue weighted by Crippen LogP contribution is -2.40. The maximum absolute atomic E-state index is 12.9. The Kier molecular flexibility index (Phi) is 22.2. The van der Waals surface area contributed by atoms with E-state index in [4.69, 9.17) is 29.3 Å². The molecule has 18 nitrogen and oxygen atoms in total. The van der Waals surface area contributed by atoms with E-state index in [-0.39, 0.29) is 47.7 Å². The maximum atomic E-state index is 12.9. The van der Waals surface area contributed by atoms with E-state index >= 15 is 0 Å². The van der Waals surface area contributed by atoms with E-state index in [0.717, 1.165) is 29.8 Å². The number of hydrogen-bond donors (Lipinski definition) is 8. The number of aromatic nitrogens is 1. The number of ether oxygens (including phenoxy) is 2. The lowest BCUT2D eigenvalue weighted by Gasteiger charge is -2.31. The van der Waals surface area contributed by atoms with Crippen molar-refractivity contribution in [2.24, 2.45) is 0 Å². The molecule has 0 unspecified atom stereocenters. The number of para-hydroxylation sites is 1. The van der Waals surface area contributed by atoms with Gasteiger partial charge in [0.05, 0.1) is 24.4 Å². The third-order valence-electron chi connectivity index (χ3n) is 11.2. The molecule has 0 radical (unpaired) electrons. The second-order valence-electron chi connectivity index (χ2n) is 16.6. The first-order chi connectivity index (χ1) is 35.0. The van der Waals surface area contributed by atoms with Gasteiger partial charge in [-0.1, -0.05) is 54.6 Å². The first-order valence-electron chi connectivity index (χ1n) is 22.9. The molecule has 24 heteroatoms. The lowest BCUT2D eigenvalue weighted by atomic mass is 10.0. The number of hydrogen-bond acceptors (Lipinski definition) is 12. The molecule has 1 atom stereocenters. The monoisotopic (exact) mass is 1050 g/mol. The number of benzene rings is 4. The number of anilines is 2. The van der Waals surface area contributed by atoms with Crippen LogP contribution in [0.5, 0.6) is 11.5 Å². The van der Waals surface area contributed by atoms with E-state index in [0.29, 0.717) is 79.8 Å². The number of nitrogens with zero attached hydrogens (tertiary/aromatic N) is 2. The molecule has 8 N–H and O–H groups in total. The standard InChI is InChI=1S/C46H54N6O8.2C2HF3O2/c1-51(44(57)23-28-52-26-21-34(22-27-52)60-46(58)49-38-12-7-6-11-35(38)31-9-4-3-5-10-31)25-8-13-42(55)48-33-14-18-41(59-2)32(29-33)20-24-47-30-40(54)36-15-17-39(53)45-37(36)16-19-43(56)50-45;2*3-2(4,5)1(6)7/h3-7,9-12,14-19,29,34,40,47,53-54H,8,13,20-28,30H2,1-2H3,(H,48,55)(H,49,58)(H,50,56);2*(H,6,7)/t40-;;/m0../s1. The van der Waals surface area contributed by atoms with Gasteiger partial charge in [-0.3, -0.25) is 19.7 Å². The molecule has 6 rings (SSSR count). The molecule has 5 aromatic rings. The third-order valence-corrected chi connectivity index (χ3v) is 11.2. The Labute approximate surface area is 419 Å². The first-order valence-corrected chi connectivity index (χ1v) is 22.9. The summed E-state index contributed by atoms with van der Waals surface area (Å²) >= 11 is 0. The van der Waals surface area contributed by atoms with Crippen LogP contribution < -0.4 is 26.2 Å². The molecule has 3 amide bonds. The van der Waals surface area contributed by atoms with Crippen LogP contribution in [-0.4, -0.2) is 137 Å². The molecule has 1 fully saturated rings. The number of rotatable bonds is 18. The minimum absolute atomic E-state index is 0.0129. The summed E-state index contributed by atoms with van der Waals surface area (Å²) in [7, 11) is 3.34. The number of carboxylic acid groups (broad SMARTS) is 2. The molecule has 2 heterocycles. The minimum Gasteiger partial charge on any atom is -0.506 e. The molecule has 0 aliphatic carbocycles. The number of aliphatic carboxylic acids is 2. The number of methoxy groups -OCH3 is 1. The number of carboxylic acids is 2. The number of pyridine rings is 1. The highest BCUT2D eigenvalue weighted by Gasteiger charge is 2.39. The number of amides is 3. The summed E-state index contributed by atoms with van der Waals surface area (Å²) in [6, 6.07) is 29.0. The summed E-state index contributed by atoms with van der Waals surface area (Å²) in [4.78, 5) is 74.6. The fourth-order valence-corrected chi connectivity index (χ4v) is 7.45. The van der Waals surface area contributed by atoms with Crippen molar-refractivity contribution in [1.82, 2.24) is 20.1 Å². The highest BCUT2D eigenvalue weighted by Crippen LogP contribution is 2.30. The Bertz CT molecular complexity index is 2710. The molecular weight excluding hydrogens is 991 g/mol. The van der Waals surface area contributed by atoms with Crippen LogP contribution in [0.1, 0.15) is 49.3 Å². The van der Waals surface area contributed by atoms with Gasteiger partial charge in [0.15, 0.2) is 0 Å². The zero-order valence-corrected chi connectivity index (χ0v) is 40.1. The van der Waals surface area contributed by atoms with Gasteiger partial charge in [0.25, 0.3) is 0 Å². The molecule has 1 aliphatic rings. The van der Waals surface area contributed by atoms with Crippen molar-refractivity contribution < 1.29 is 80.2 Å². The number of nitrogens with one attached hydrogen (secondary N) is 4. The number of aliphatic hydroxyl groups excluding tert-OH is 1. The van der Waals surface area contributed by atoms with Crippen molar-refractivity contribution in [1.29, 1.82) is 0 Å². The molecule has 0 bridgehead atoms. The zero-order chi connectivity index (χ0) is 54.6. The number of likely N-dealkylation sites (tertiary alicyclic amines) is 1. The molecule has 400 valence electrons. The average molecular weight is 1050 g/mol. The van der Waals surface area contributed by atoms with Crippen LogP contribution in [0.4, 0.5) is 42.5 Å². The van der Waals surface area contributed by atoms with Gasteiger partial charge in [-0.25, -0.2) is 14.4 Å².